The maximum Gasteiger partial charge on any atom is 0.322 e. The van der Waals surface area contributed by atoms with Gasteiger partial charge in [-0.1, -0.05) is 6.92 Å². The van der Waals surface area contributed by atoms with E-state index in [-0.39, 0.29) is 16.2 Å². The molecule has 0 spiro atoms. The summed E-state index contributed by atoms with van der Waals surface area (Å²) in [5.41, 5.74) is 0. The summed E-state index contributed by atoms with van der Waals surface area (Å²) in [5, 5.41) is 8.69. The fraction of sp³-hybridized carbons (Fsp3) is 0.556. The van der Waals surface area contributed by atoms with Crippen molar-refractivity contribution >= 4 is 27.8 Å². The Morgan fingerprint density at radius 2 is 2.44 bits per heavy atom. The molecule has 1 aliphatic heterocycles. The first kappa shape index (κ1) is 13.4. The van der Waals surface area contributed by atoms with E-state index in [2.05, 4.69) is 9.97 Å². The van der Waals surface area contributed by atoms with Gasteiger partial charge in [-0.15, -0.1) is 11.8 Å². The second-order valence-electron chi connectivity index (χ2n) is 3.80. The largest absolute Gasteiger partial charge is 0.480 e. The first-order valence-corrected chi connectivity index (χ1v) is 7.83. The molecule has 1 aliphatic rings. The number of aromatic amines is 1. The zero-order chi connectivity index (χ0) is 13.3. The smallest absolute Gasteiger partial charge is 0.322 e. The number of sulfonamides is 1. The van der Waals surface area contributed by atoms with Crippen molar-refractivity contribution in [2.75, 3.05) is 5.75 Å². The van der Waals surface area contributed by atoms with Crippen molar-refractivity contribution in [2.45, 2.75) is 29.8 Å². The lowest BCUT2D eigenvalue weighted by molar-refractivity contribution is -0.140. The van der Waals surface area contributed by atoms with Gasteiger partial charge in [0.2, 0.25) is 0 Å². The Labute approximate surface area is 109 Å². The molecular formula is C9H13N3O4S2. The van der Waals surface area contributed by atoms with E-state index >= 15 is 0 Å². The average molecular weight is 291 g/mol. The van der Waals surface area contributed by atoms with Crippen molar-refractivity contribution in [1.29, 1.82) is 0 Å². The maximum atomic E-state index is 12.4. The molecule has 100 valence electrons. The normalized spacial score (nSPS) is 25.4. The summed E-state index contributed by atoms with van der Waals surface area (Å²) in [5.74, 6) is -0.858. The number of carboxylic acids is 1. The molecule has 9 heteroatoms. The van der Waals surface area contributed by atoms with E-state index in [9.17, 15) is 13.2 Å². The number of nitrogens with zero attached hydrogens (tertiary/aromatic N) is 2. The fourth-order valence-electron chi connectivity index (χ4n) is 1.85. The molecule has 1 fully saturated rings. The molecule has 1 aromatic heterocycles. The van der Waals surface area contributed by atoms with Gasteiger partial charge in [-0.25, -0.2) is 13.4 Å². The lowest BCUT2D eigenvalue weighted by Crippen LogP contribution is -2.45. The van der Waals surface area contributed by atoms with E-state index in [1.54, 1.807) is 0 Å². The molecule has 0 amide bonds. The molecule has 7 nitrogen and oxygen atoms in total. The molecule has 18 heavy (non-hydrogen) atoms. The predicted octanol–water partition coefficient (Wildman–Crippen LogP) is 0.337. The number of imidazole rings is 1. The first-order chi connectivity index (χ1) is 8.48. The molecule has 2 heterocycles. The summed E-state index contributed by atoms with van der Waals surface area (Å²) in [6.07, 6.45) is 3.00. The van der Waals surface area contributed by atoms with Crippen molar-refractivity contribution in [3.8, 4) is 0 Å². The summed E-state index contributed by atoms with van der Waals surface area (Å²) < 4.78 is 25.8. The van der Waals surface area contributed by atoms with E-state index in [1.807, 2.05) is 6.92 Å². The topological polar surface area (TPSA) is 103 Å². The molecule has 0 aromatic carbocycles. The molecule has 0 radical (unpaired) electrons. The Kier molecular flexibility index (Phi) is 3.64. The maximum absolute atomic E-state index is 12.4. The lowest BCUT2D eigenvalue weighted by atomic mass is 10.3. The van der Waals surface area contributed by atoms with E-state index in [1.165, 1.54) is 24.3 Å². The van der Waals surface area contributed by atoms with Crippen LogP contribution in [0.3, 0.4) is 0 Å². The average Bonchev–Trinajstić information content (AvgIpc) is 2.98. The van der Waals surface area contributed by atoms with Crippen LogP contribution in [0.15, 0.2) is 17.6 Å². The summed E-state index contributed by atoms with van der Waals surface area (Å²) in [6, 6.07) is -1.02. The minimum absolute atomic E-state index is 0.0744. The minimum Gasteiger partial charge on any atom is -0.480 e. The molecule has 0 aliphatic carbocycles. The third kappa shape index (κ3) is 2.13. The monoisotopic (exact) mass is 291 g/mol. The van der Waals surface area contributed by atoms with Crippen LogP contribution in [0.2, 0.25) is 0 Å². The summed E-state index contributed by atoms with van der Waals surface area (Å²) in [7, 11) is -3.84. The predicted molar refractivity (Wildman–Crippen MR) is 65.6 cm³/mol. The van der Waals surface area contributed by atoms with Crippen LogP contribution >= 0.6 is 11.8 Å². The van der Waals surface area contributed by atoms with Crippen LogP contribution in [0.1, 0.15) is 13.3 Å². The summed E-state index contributed by atoms with van der Waals surface area (Å²) >= 11 is 1.34. The van der Waals surface area contributed by atoms with Gasteiger partial charge in [0.25, 0.3) is 10.0 Å². The van der Waals surface area contributed by atoms with Gasteiger partial charge in [0, 0.05) is 5.75 Å². The highest BCUT2D eigenvalue weighted by Gasteiger charge is 2.46. The highest BCUT2D eigenvalue weighted by atomic mass is 32.2. The fourth-order valence-corrected chi connectivity index (χ4v) is 5.28. The van der Waals surface area contributed by atoms with Crippen LogP contribution in [-0.4, -0.2) is 50.9 Å². The van der Waals surface area contributed by atoms with Crippen molar-refractivity contribution in [3.05, 3.63) is 12.5 Å². The third-order valence-corrected chi connectivity index (χ3v) is 6.13. The van der Waals surface area contributed by atoms with Gasteiger partial charge in [-0.3, -0.25) is 4.79 Å². The highest BCUT2D eigenvalue weighted by molar-refractivity contribution is 8.01. The molecule has 2 rings (SSSR count). The van der Waals surface area contributed by atoms with Crippen LogP contribution in [0.4, 0.5) is 0 Å². The Bertz CT molecular complexity index is 528. The molecule has 1 aromatic rings. The number of hydrogen-bond donors (Lipinski definition) is 2. The number of H-pyrrole nitrogens is 1. The number of rotatable bonds is 4. The second-order valence-corrected chi connectivity index (χ2v) is 6.82. The van der Waals surface area contributed by atoms with Crippen LogP contribution in [-0.2, 0) is 14.8 Å². The van der Waals surface area contributed by atoms with Gasteiger partial charge >= 0.3 is 5.97 Å². The Hall–Kier alpha value is -1.06. The Balaban J connectivity index is 2.42. The Morgan fingerprint density at radius 3 is 2.94 bits per heavy atom. The van der Waals surface area contributed by atoms with Gasteiger partial charge in [0.05, 0.1) is 17.9 Å². The molecule has 1 saturated heterocycles. The van der Waals surface area contributed by atoms with E-state index in [0.29, 0.717) is 6.42 Å². The van der Waals surface area contributed by atoms with Gasteiger partial charge in [-0.05, 0) is 6.42 Å². The second kappa shape index (κ2) is 4.90. The quantitative estimate of drug-likeness (QED) is 0.829. The molecular weight excluding hydrogens is 278 g/mol. The zero-order valence-electron chi connectivity index (χ0n) is 9.61. The number of hydrogen-bond acceptors (Lipinski definition) is 5. The van der Waals surface area contributed by atoms with E-state index < -0.39 is 22.0 Å². The third-order valence-electron chi connectivity index (χ3n) is 2.70. The number of carboxylic acid groups (broad SMARTS) is 1. The number of carbonyl (C=O) groups is 1. The van der Waals surface area contributed by atoms with E-state index in [4.69, 9.17) is 5.11 Å². The lowest BCUT2D eigenvalue weighted by Gasteiger charge is -2.24. The van der Waals surface area contributed by atoms with Crippen molar-refractivity contribution in [3.63, 3.8) is 0 Å². The number of nitrogens with one attached hydrogen (secondary N) is 1. The van der Waals surface area contributed by atoms with Gasteiger partial charge in [0.1, 0.15) is 6.04 Å². The summed E-state index contributed by atoms with van der Waals surface area (Å²) in [4.78, 5) is 17.3. The Morgan fingerprint density at radius 1 is 1.72 bits per heavy atom. The minimum atomic E-state index is -3.84. The first-order valence-electron chi connectivity index (χ1n) is 5.34. The number of thioether (sulfide) groups is 1. The van der Waals surface area contributed by atoms with Gasteiger partial charge in [-0.2, -0.15) is 4.31 Å². The zero-order valence-corrected chi connectivity index (χ0v) is 11.2. The molecule has 2 atom stereocenters. The van der Waals surface area contributed by atoms with E-state index in [0.717, 1.165) is 4.31 Å². The van der Waals surface area contributed by atoms with Gasteiger partial charge < -0.3 is 10.1 Å². The van der Waals surface area contributed by atoms with Crippen LogP contribution in [0.5, 0.6) is 0 Å². The van der Waals surface area contributed by atoms with Crippen molar-refractivity contribution in [2.24, 2.45) is 0 Å². The molecule has 0 saturated carbocycles. The van der Waals surface area contributed by atoms with Crippen molar-refractivity contribution in [1.82, 2.24) is 14.3 Å². The molecule has 2 N–H and O–H groups in total. The van der Waals surface area contributed by atoms with Crippen LogP contribution in [0.25, 0.3) is 0 Å². The molecule has 2 unspecified atom stereocenters. The SMILES string of the molecule is CCC1SCC(C(=O)O)N1S(=O)(=O)c1cnc[nH]1. The number of aliphatic carboxylic acids is 1. The number of aromatic nitrogens is 2. The summed E-state index contributed by atoms with van der Waals surface area (Å²) in [6.45, 7) is 1.83. The van der Waals surface area contributed by atoms with Gasteiger partial charge in [0.15, 0.2) is 5.03 Å². The highest BCUT2D eigenvalue weighted by Crippen LogP contribution is 2.35. The standard InChI is InChI=1S/C9H13N3O4S2/c1-2-8-12(6(4-17-8)9(13)14)18(15,16)7-3-10-5-11-7/h3,5-6,8H,2,4H2,1H3,(H,10,11)(H,13,14). The van der Waals surface area contributed by atoms with Crippen molar-refractivity contribution < 1.29 is 18.3 Å². The molecule has 0 bridgehead atoms. The van der Waals surface area contributed by atoms with Crippen LogP contribution in [0, 0.1) is 0 Å². The van der Waals surface area contributed by atoms with Crippen LogP contribution < -0.4 is 0 Å².